The lowest BCUT2D eigenvalue weighted by Gasteiger charge is -2.12. The summed E-state index contributed by atoms with van der Waals surface area (Å²) in [5.74, 6) is -3.41. The first-order valence-corrected chi connectivity index (χ1v) is 4.63. The number of primary amides is 1. The average molecular weight is 244 g/mol. The quantitative estimate of drug-likeness (QED) is 0.725. The van der Waals surface area contributed by atoms with E-state index in [2.05, 4.69) is 0 Å². The van der Waals surface area contributed by atoms with Crippen LogP contribution in [0, 0.1) is 11.6 Å². The van der Waals surface area contributed by atoms with Gasteiger partial charge in [-0.25, -0.2) is 18.4 Å². The molecule has 0 saturated carbocycles. The molecule has 0 radical (unpaired) electrons. The van der Waals surface area contributed by atoms with Gasteiger partial charge in [0.15, 0.2) is 11.6 Å². The van der Waals surface area contributed by atoms with E-state index in [1.54, 1.807) is 0 Å². The van der Waals surface area contributed by atoms with Gasteiger partial charge >= 0.3 is 12.0 Å². The van der Waals surface area contributed by atoms with Crippen LogP contribution in [0.5, 0.6) is 0 Å². The lowest BCUT2D eigenvalue weighted by Crippen LogP contribution is -2.44. The number of halogens is 2. The standard InChI is InChI=1S/C10H10F2N2O3/c11-6-2-1-5(3-7(6)12)4-8(9(15)16)14-10(13)17/h1-3,8H,4H2,(H,15,16)(H3,13,14,17)/t8-/m1/s1. The fourth-order valence-corrected chi connectivity index (χ4v) is 1.27. The Balaban J connectivity index is 2.82. The van der Waals surface area contributed by atoms with Crippen LogP contribution in [0.25, 0.3) is 0 Å². The van der Waals surface area contributed by atoms with Crippen molar-refractivity contribution in [3.8, 4) is 0 Å². The number of rotatable bonds is 4. The average Bonchev–Trinajstić information content (AvgIpc) is 2.21. The molecule has 1 aromatic rings. The van der Waals surface area contributed by atoms with Gasteiger partial charge in [0.2, 0.25) is 0 Å². The molecular weight excluding hydrogens is 234 g/mol. The van der Waals surface area contributed by atoms with Crippen molar-refractivity contribution in [2.45, 2.75) is 12.5 Å². The van der Waals surface area contributed by atoms with Crippen molar-refractivity contribution < 1.29 is 23.5 Å². The number of nitrogens with two attached hydrogens (primary N) is 1. The van der Waals surface area contributed by atoms with E-state index >= 15 is 0 Å². The lowest BCUT2D eigenvalue weighted by atomic mass is 10.1. The minimum atomic E-state index is -1.31. The topological polar surface area (TPSA) is 92.4 Å². The third-order valence-corrected chi connectivity index (χ3v) is 2.04. The lowest BCUT2D eigenvalue weighted by molar-refractivity contribution is -0.139. The van der Waals surface area contributed by atoms with Crippen LogP contribution < -0.4 is 11.1 Å². The van der Waals surface area contributed by atoms with E-state index in [0.717, 1.165) is 12.1 Å². The van der Waals surface area contributed by atoms with Crippen molar-refractivity contribution in [3.63, 3.8) is 0 Å². The van der Waals surface area contributed by atoms with Crippen molar-refractivity contribution in [1.82, 2.24) is 5.32 Å². The fraction of sp³-hybridized carbons (Fsp3) is 0.200. The number of hydrogen-bond acceptors (Lipinski definition) is 2. The van der Waals surface area contributed by atoms with E-state index < -0.39 is 29.7 Å². The number of hydrogen-bond donors (Lipinski definition) is 3. The minimum Gasteiger partial charge on any atom is -0.480 e. The normalized spacial score (nSPS) is 11.9. The molecule has 4 N–H and O–H groups in total. The minimum absolute atomic E-state index is 0.185. The molecule has 92 valence electrons. The van der Waals surface area contributed by atoms with Crippen molar-refractivity contribution in [3.05, 3.63) is 35.4 Å². The molecule has 0 aliphatic rings. The van der Waals surface area contributed by atoms with Crippen molar-refractivity contribution in [1.29, 1.82) is 0 Å². The molecule has 0 aliphatic carbocycles. The summed E-state index contributed by atoms with van der Waals surface area (Å²) in [7, 11) is 0. The number of urea groups is 1. The van der Waals surface area contributed by atoms with Crippen molar-refractivity contribution >= 4 is 12.0 Å². The first-order valence-electron chi connectivity index (χ1n) is 4.63. The Bertz CT molecular complexity index is 451. The molecule has 5 nitrogen and oxygen atoms in total. The Labute approximate surface area is 95.2 Å². The number of nitrogens with one attached hydrogen (secondary N) is 1. The highest BCUT2D eigenvalue weighted by Crippen LogP contribution is 2.10. The number of amides is 2. The first-order chi connectivity index (χ1) is 7.90. The summed E-state index contributed by atoms with van der Waals surface area (Å²) in [6, 6.07) is 0.705. The van der Waals surface area contributed by atoms with E-state index in [1.807, 2.05) is 5.32 Å². The van der Waals surface area contributed by atoms with Gasteiger partial charge in [-0.3, -0.25) is 0 Å². The molecule has 17 heavy (non-hydrogen) atoms. The first kappa shape index (κ1) is 12.9. The van der Waals surface area contributed by atoms with Gasteiger partial charge in [0.1, 0.15) is 6.04 Å². The van der Waals surface area contributed by atoms with E-state index in [0.29, 0.717) is 0 Å². The Morgan fingerprint density at radius 1 is 1.35 bits per heavy atom. The van der Waals surface area contributed by atoms with Gasteiger partial charge in [-0.2, -0.15) is 0 Å². The smallest absolute Gasteiger partial charge is 0.326 e. The number of benzene rings is 1. The van der Waals surface area contributed by atoms with Crippen LogP contribution in [0.15, 0.2) is 18.2 Å². The summed E-state index contributed by atoms with van der Waals surface area (Å²) < 4.78 is 25.5. The summed E-state index contributed by atoms with van der Waals surface area (Å²) >= 11 is 0. The Morgan fingerprint density at radius 2 is 2.00 bits per heavy atom. The Morgan fingerprint density at radius 3 is 2.47 bits per heavy atom. The van der Waals surface area contributed by atoms with Gasteiger partial charge in [0.25, 0.3) is 0 Å². The summed E-state index contributed by atoms with van der Waals surface area (Å²) in [5.41, 5.74) is 5.03. The molecule has 1 aromatic carbocycles. The SMILES string of the molecule is NC(=O)N[C@H](Cc1ccc(F)c(F)c1)C(=O)O. The van der Waals surface area contributed by atoms with Crippen molar-refractivity contribution in [2.75, 3.05) is 0 Å². The van der Waals surface area contributed by atoms with E-state index in [-0.39, 0.29) is 12.0 Å². The highest BCUT2D eigenvalue weighted by Gasteiger charge is 2.19. The fourth-order valence-electron chi connectivity index (χ4n) is 1.27. The number of aliphatic carboxylic acids is 1. The molecule has 0 aliphatic heterocycles. The van der Waals surface area contributed by atoms with E-state index in [9.17, 15) is 18.4 Å². The summed E-state index contributed by atoms with van der Waals surface area (Å²) in [6.45, 7) is 0. The maximum Gasteiger partial charge on any atom is 0.326 e. The monoisotopic (exact) mass is 244 g/mol. The molecular formula is C10H10F2N2O3. The van der Waals surface area contributed by atoms with Gasteiger partial charge in [-0.15, -0.1) is 0 Å². The number of carbonyl (C=O) groups is 2. The number of carbonyl (C=O) groups excluding carboxylic acids is 1. The third-order valence-electron chi connectivity index (χ3n) is 2.04. The van der Waals surface area contributed by atoms with Crippen LogP contribution in [0.2, 0.25) is 0 Å². The van der Waals surface area contributed by atoms with Crippen LogP contribution in [0.1, 0.15) is 5.56 Å². The maximum atomic E-state index is 12.9. The zero-order valence-corrected chi connectivity index (χ0v) is 8.61. The molecule has 0 aromatic heterocycles. The Kier molecular flexibility index (Phi) is 3.97. The zero-order valence-electron chi connectivity index (χ0n) is 8.61. The number of carboxylic acids is 1. The zero-order chi connectivity index (χ0) is 13.0. The second-order valence-corrected chi connectivity index (χ2v) is 3.35. The third kappa shape index (κ3) is 3.71. The van der Waals surface area contributed by atoms with Crippen molar-refractivity contribution in [2.24, 2.45) is 5.73 Å². The van der Waals surface area contributed by atoms with E-state index in [1.165, 1.54) is 6.07 Å². The molecule has 0 fully saturated rings. The molecule has 0 unspecified atom stereocenters. The molecule has 0 bridgehead atoms. The molecule has 7 heteroatoms. The Hall–Kier alpha value is -2.18. The molecule has 2 amide bonds. The summed E-state index contributed by atoms with van der Waals surface area (Å²) in [4.78, 5) is 21.3. The van der Waals surface area contributed by atoms with Gasteiger partial charge < -0.3 is 16.2 Å². The maximum absolute atomic E-state index is 12.9. The molecule has 0 heterocycles. The van der Waals surface area contributed by atoms with Gasteiger partial charge in [0.05, 0.1) is 0 Å². The van der Waals surface area contributed by atoms with Gasteiger partial charge in [-0.1, -0.05) is 6.07 Å². The predicted octanol–water partition coefficient (Wildman–Crippen LogP) is 0.629. The highest BCUT2D eigenvalue weighted by atomic mass is 19.2. The summed E-state index contributed by atoms with van der Waals surface area (Å²) in [6.07, 6.45) is -0.185. The van der Waals surface area contributed by atoms with Crippen LogP contribution in [-0.4, -0.2) is 23.1 Å². The van der Waals surface area contributed by atoms with Gasteiger partial charge in [0, 0.05) is 6.42 Å². The summed E-state index contributed by atoms with van der Waals surface area (Å²) in [5, 5.41) is 10.8. The highest BCUT2D eigenvalue weighted by molar-refractivity contribution is 5.81. The second kappa shape index (κ2) is 5.24. The van der Waals surface area contributed by atoms with Crippen LogP contribution >= 0.6 is 0 Å². The molecule has 1 rings (SSSR count). The van der Waals surface area contributed by atoms with Gasteiger partial charge in [-0.05, 0) is 17.7 Å². The van der Waals surface area contributed by atoms with Crippen LogP contribution in [0.4, 0.5) is 13.6 Å². The molecule has 0 saturated heterocycles. The van der Waals surface area contributed by atoms with Crippen LogP contribution in [0.3, 0.4) is 0 Å². The number of carboxylic acid groups (broad SMARTS) is 1. The predicted molar refractivity (Wildman–Crippen MR) is 54.2 cm³/mol. The molecule has 0 spiro atoms. The molecule has 1 atom stereocenters. The van der Waals surface area contributed by atoms with Crippen LogP contribution in [-0.2, 0) is 11.2 Å². The largest absolute Gasteiger partial charge is 0.480 e. The van der Waals surface area contributed by atoms with E-state index in [4.69, 9.17) is 10.8 Å². The second-order valence-electron chi connectivity index (χ2n) is 3.35.